The summed E-state index contributed by atoms with van der Waals surface area (Å²) in [7, 11) is 0. The van der Waals surface area contributed by atoms with Gasteiger partial charge in [0.1, 0.15) is 11.4 Å². The first-order valence-electron chi connectivity index (χ1n) is 8.40. The van der Waals surface area contributed by atoms with Crippen LogP contribution in [0.3, 0.4) is 0 Å². The van der Waals surface area contributed by atoms with E-state index < -0.39 is 11.2 Å². The summed E-state index contributed by atoms with van der Waals surface area (Å²) in [5, 5.41) is 0. The van der Waals surface area contributed by atoms with Gasteiger partial charge in [-0.25, -0.2) is 4.79 Å². The summed E-state index contributed by atoms with van der Waals surface area (Å²) in [4.78, 5) is 40.7. The lowest BCUT2D eigenvalue weighted by Crippen LogP contribution is -2.39. The molecule has 0 spiro atoms. The molecule has 0 aliphatic heterocycles. The van der Waals surface area contributed by atoms with Crippen molar-refractivity contribution in [1.82, 2.24) is 14.5 Å². The first kappa shape index (κ1) is 18.7. The molecule has 0 amide bonds. The van der Waals surface area contributed by atoms with Crippen LogP contribution in [0, 0.1) is 0 Å². The SMILES string of the molecule is CCCn1c(N)c(C(=O)CN(CC)Cc2ccccc2)c(=O)[nH]c1=O. The largest absolute Gasteiger partial charge is 0.384 e. The monoisotopic (exact) mass is 344 g/mol. The second kappa shape index (κ2) is 8.43. The number of Topliss-reactive ketones (excluding diaryl/α,β-unsaturated/α-hetero) is 1. The van der Waals surface area contributed by atoms with Crippen LogP contribution in [0.4, 0.5) is 5.82 Å². The molecule has 0 atom stereocenters. The smallest absolute Gasteiger partial charge is 0.329 e. The second-order valence-corrected chi connectivity index (χ2v) is 5.88. The van der Waals surface area contributed by atoms with E-state index in [2.05, 4.69) is 4.98 Å². The highest BCUT2D eigenvalue weighted by Crippen LogP contribution is 2.09. The molecule has 7 nitrogen and oxygen atoms in total. The molecule has 25 heavy (non-hydrogen) atoms. The Hall–Kier alpha value is -2.67. The Morgan fingerprint density at radius 3 is 2.48 bits per heavy atom. The minimum absolute atomic E-state index is 0.0585. The molecule has 0 aliphatic carbocycles. The summed E-state index contributed by atoms with van der Waals surface area (Å²) in [6.45, 7) is 5.48. The number of aromatic amines is 1. The molecule has 0 radical (unpaired) electrons. The quantitative estimate of drug-likeness (QED) is 0.702. The Kier molecular flexibility index (Phi) is 6.30. The molecule has 0 saturated carbocycles. The van der Waals surface area contributed by atoms with E-state index in [4.69, 9.17) is 5.73 Å². The number of hydrogen-bond acceptors (Lipinski definition) is 5. The molecule has 7 heteroatoms. The summed E-state index contributed by atoms with van der Waals surface area (Å²) >= 11 is 0. The Bertz CT molecular complexity index is 840. The third-order valence-corrected chi connectivity index (χ3v) is 4.03. The number of likely N-dealkylation sites (N-methyl/N-ethyl adjacent to an activating group) is 1. The van der Waals surface area contributed by atoms with Gasteiger partial charge in [-0.15, -0.1) is 0 Å². The van der Waals surface area contributed by atoms with Crippen LogP contribution in [0.5, 0.6) is 0 Å². The second-order valence-electron chi connectivity index (χ2n) is 5.88. The maximum Gasteiger partial charge on any atom is 0.329 e. The zero-order valence-electron chi connectivity index (χ0n) is 14.6. The van der Waals surface area contributed by atoms with E-state index in [0.29, 0.717) is 26.1 Å². The average molecular weight is 344 g/mol. The van der Waals surface area contributed by atoms with Crippen LogP contribution in [-0.4, -0.2) is 33.3 Å². The number of nitrogens with two attached hydrogens (primary N) is 1. The highest BCUT2D eigenvalue weighted by atomic mass is 16.2. The van der Waals surface area contributed by atoms with Crippen molar-refractivity contribution in [3.05, 3.63) is 62.3 Å². The summed E-state index contributed by atoms with van der Waals surface area (Å²) in [6.07, 6.45) is 0.666. The molecule has 0 fully saturated rings. The molecule has 0 aliphatic rings. The van der Waals surface area contributed by atoms with Gasteiger partial charge in [-0.2, -0.15) is 0 Å². The highest BCUT2D eigenvalue weighted by Gasteiger charge is 2.21. The predicted molar refractivity (Wildman–Crippen MR) is 97.7 cm³/mol. The van der Waals surface area contributed by atoms with Gasteiger partial charge in [0.2, 0.25) is 0 Å². The molecule has 1 heterocycles. The number of carbonyl (C=O) groups excluding carboxylic acids is 1. The third kappa shape index (κ3) is 4.45. The molecule has 2 aromatic rings. The average Bonchev–Trinajstić information content (AvgIpc) is 2.58. The number of hydrogen-bond donors (Lipinski definition) is 2. The lowest BCUT2D eigenvalue weighted by atomic mass is 10.1. The zero-order valence-corrected chi connectivity index (χ0v) is 14.6. The molecule has 134 valence electrons. The van der Waals surface area contributed by atoms with E-state index in [0.717, 1.165) is 5.56 Å². The maximum absolute atomic E-state index is 12.7. The van der Waals surface area contributed by atoms with Crippen molar-refractivity contribution in [1.29, 1.82) is 0 Å². The van der Waals surface area contributed by atoms with Gasteiger partial charge in [0, 0.05) is 13.1 Å². The number of anilines is 1. The first-order valence-corrected chi connectivity index (χ1v) is 8.40. The highest BCUT2D eigenvalue weighted by molar-refractivity contribution is 6.01. The molecule has 1 aromatic heterocycles. The molecule has 1 aromatic carbocycles. The molecule has 0 bridgehead atoms. The van der Waals surface area contributed by atoms with Gasteiger partial charge >= 0.3 is 5.69 Å². The zero-order chi connectivity index (χ0) is 18.4. The molecule has 2 rings (SSSR count). The van der Waals surface area contributed by atoms with Crippen LogP contribution in [0.2, 0.25) is 0 Å². The maximum atomic E-state index is 12.7. The van der Waals surface area contributed by atoms with Crippen LogP contribution in [0.25, 0.3) is 0 Å². The van der Waals surface area contributed by atoms with Gasteiger partial charge in [-0.3, -0.25) is 24.0 Å². The minimum Gasteiger partial charge on any atom is -0.384 e. The van der Waals surface area contributed by atoms with Crippen LogP contribution >= 0.6 is 0 Å². The van der Waals surface area contributed by atoms with Gasteiger partial charge in [0.25, 0.3) is 5.56 Å². The summed E-state index contributed by atoms with van der Waals surface area (Å²) in [5.74, 6) is -0.447. The van der Waals surface area contributed by atoms with Crippen molar-refractivity contribution in [2.24, 2.45) is 0 Å². The Morgan fingerprint density at radius 1 is 1.20 bits per heavy atom. The van der Waals surface area contributed by atoms with Crippen molar-refractivity contribution in [2.45, 2.75) is 33.4 Å². The van der Waals surface area contributed by atoms with E-state index in [-0.39, 0.29) is 23.7 Å². The van der Waals surface area contributed by atoms with Gasteiger partial charge in [0.05, 0.1) is 6.54 Å². The number of ketones is 1. The number of nitrogens with zero attached hydrogens (tertiary/aromatic N) is 2. The van der Waals surface area contributed by atoms with Crippen LogP contribution in [-0.2, 0) is 13.1 Å². The first-order chi connectivity index (χ1) is 12.0. The van der Waals surface area contributed by atoms with Crippen molar-refractivity contribution in [3.63, 3.8) is 0 Å². The number of benzene rings is 1. The standard InChI is InChI=1S/C18H24N4O3/c1-3-10-22-16(19)15(17(24)20-18(22)25)14(23)12-21(4-2)11-13-8-6-5-7-9-13/h5-9H,3-4,10-12,19H2,1-2H3,(H,20,24,25). The van der Waals surface area contributed by atoms with Crippen LogP contribution in [0.1, 0.15) is 36.2 Å². The summed E-state index contributed by atoms with van der Waals surface area (Å²) in [5.41, 5.74) is 5.57. The number of nitrogen functional groups attached to an aromatic ring is 1. The molecular weight excluding hydrogens is 320 g/mol. The fourth-order valence-corrected chi connectivity index (χ4v) is 2.71. The lowest BCUT2D eigenvalue weighted by molar-refractivity contribution is 0.0928. The van der Waals surface area contributed by atoms with E-state index in [1.54, 1.807) is 0 Å². The fraction of sp³-hybridized carbons (Fsp3) is 0.389. The van der Waals surface area contributed by atoms with E-state index in [9.17, 15) is 14.4 Å². The van der Waals surface area contributed by atoms with E-state index in [1.807, 2.05) is 49.1 Å². The van der Waals surface area contributed by atoms with Crippen molar-refractivity contribution in [3.8, 4) is 0 Å². The normalized spacial score (nSPS) is 11.0. The molecular formula is C18H24N4O3. The predicted octanol–water partition coefficient (Wildman–Crippen LogP) is 1.23. The van der Waals surface area contributed by atoms with Crippen LogP contribution in [0.15, 0.2) is 39.9 Å². The number of H-pyrrole nitrogens is 1. The van der Waals surface area contributed by atoms with E-state index >= 15 is 0 Å². The van der Waals surface area contributed by atoms with Gasteiger partial charge < -0.3 is 5.73 Å². The number of rotatable bonds is 8. The number of nitrogens with one attached hydrogen (secondary N) is 1. The minimum atomic E-state index is -0.726. The molecule has 0 saturated heterocycles. The number of carbonyl (C=O) groups is 1. The molecule has 0 unspecified atom stereocenters. The number of aromatic nitrogens is 2. The fourth-order valence-electron chi connectivity index (χ4n) is 2.71. The van der Waals surface area contributed by atoms with Gasteiger partial charge in [0.15, 0.2) is 5.78 Å². The van der Waals surface area contributed by atoms with Crippen LogP contribution < -0.4 is 17.0 Å². The van der Waals surface area contributed by atoms with Crippen molar-refractivity contribution < 1.29 is 4.79 Å². The van der Waals surface area contributed by atoms with Crippen molar-refractivity contribution in [2.75, 3.05) is 18.8 Å². The Balaban J connectivity index is 2.26. The Morgan fingerprint density at radius 2 is 1.88 bits per heavy atom. The van der Waals surface area contributed by atoms with Gasteiger partial charge in [-0.05, 0) is 18.5 Å². The van der Waals surface area contributed by atoms with E-state index in [1.165, 1.54) is 4.57 Å². The lowest BCUT2D eigenvalue weighted by Gasteiger charge is -2.20. The van der Waals surface area contributed by atoms with Gasteiger partial charge in [-0.1, -0.05) is 44.2 Å². The summed E-state index contributed by atoms with van der Waals surface area (Å²) in [6, 6.07) is 9.77. The Labute approximate surface area is 146 Å². The summed E-state index contributed by atoms with van der Waals surface area (Å²) < 4.78 is 1.24. The topological polar surface area (TPSA) is 101 Å². The van der Waals surface area contributed by atoms with Crippen molar-refractivity contribution >= 4 is 11.6 Å². The third-order valence-electron chi connectivity index (χ3n) is 4.03. The molecule has 3 N–H and O–H groups in total.